The smallest absolute Gasteiger partial charge is 0.0701 e. The molecule has 1 aromatic heterocycles. The lowest BCUT2D eigenvalue weighted by Crippen LogP contribution is -2.44. The molecule has 1 N–H and O–H groups in total. The van der Waals surface area contributed by atoms with E-state index in [9.17, 15) is 0 Å². The van der Waals surface area contributed by atoms with Crippen molar-refractivity contribution in [2.45, 2.75) is 50.7 Å². The Morgan fingerprint density at radius 2 is 2.15 bits per heavy atom. The van der Waals surface area contributed by atoms with Crippen LogP contribution in [0.15, 0.2) is 15.9 Å². The van der Waals surface area contributed by atoms with E-state index in [1.807, 2.05) is 11.3 Å². The van der Waals surface area contributed by atoms with Crippen molar-refractivity contribution in [2.75, 3.05) is 13.2 Å². The van der Waals surface area contributed by atoms with Gasteiger partial charge in [0, 0.05) is 29.5 Å². The lowest BCUT2D eigenvalue weighted by Gasteiger charge is -2.34. The number of halogens is 1. The van der Waals surface area contributed by atoms with Gasteiger partial charge in [-0.05, 0) is 72.5 Å². The van der Waals surface area contributed by atoms with Crippen molar-refractivity contribution < 1.29 is 4.74 Å². The summed E-state index contributed by atoms with van der Waals surface area (Å²) in [7, 11) is 0. The van der Waals surface area contributed by atoms with E-state index in [2.05, 4.69) is 33.4 Å². The highest BCUT2D eigenvalue weighted by molar-refractivity contribution is 9.11. The van der Waals surface area contributed by atoms with Crippen LogP contribution >= 0.6 is 27.3 Å². The number of thiophene rings is 1. The first-order valence-electron chi connectivity index (χ1n) is 7.84. The zero-order valence-electron chi connectivity index (χ0n) is 11.7. The second-order valence-electron chi connectivity index (χ2n) is 6.78. The van der Waals surface area contributed by atoms with Gasteiger partial charge in [0.2, 0.25) is 0 Å². The minimum Gasteiger partial charge on any atom is -0.377 e. The maximum Gasteiger partial charge on any atom is 0.0701 e. The van der Waals surface area contributed by atoms with Crippen molar-refractivity contribution in [1.82, 2.24) is 5.32 Å². The number of rotatable bonds is 6. The predicted octanol–water partition coefficient (Wildman–Crippen LogP) is 3.99. The summed E-state index contributed by atoms with van der Waals surface area (Å²) in [4.78, 5) is 1.51. The average molecular weight is 356 g/mol. The molecule has 0 spiro atoms. The highest BCUT2D eigenvalue weighted by atomic mass is 79.9. The first kappa shape index (κ1) is 13.7. The molecule has 0 aromatic carbocycles. The lowest BCUT2D eigenvalue weighted by atomic mass is 9.75. The van der Waals surface area contributed by atoms with E-state index >= 15 is 0 Å². The molecule has 110 valence electrons. The molecule has 1 saturated heterocycles. The van der Waals surface area contributed by atoms with E-state index in [4.69, 9.17) is 4.74 Å². The van der Waals surface area contributed by atoms with Gasteiger partial charge in [0.25, 0.3) is 0 Å². The van der Waals surface area contributed by atoms with Gasteiger partial charge in [0.15, 0.2) is 0 Å². The van der Waals surface area contributed by atoms with Crippen molar-refractivity contribution in [3.8, 4) is 0 Å². The third-order valence-corrected chi connectivity index (χ3v) is 6.65. The van der Waals surface area contributed by atoms with Crippen molar-refractivity contribution in [3.63, 3.8) is 0 Å². The standard InChI is InChI=1S/C16H22BrNOS/c17-14-6-5-13(20-14)9-16(10-18-12-3-4-12)7-8-19-15(16)11-1-2-11/h5-6,11-12,15,18H,1-4,7-10H2. The molecule has 3 fully saturated rings. The van der Waals surface area contributed by atoms with Gasteiger partial charge < -0.3 is 10.1 Å². The molecule has 0 amide bonds. The molecule has 2 unspecified atom stereocenters. The summed E-state index contributed by atoms with van der Waals surface area (Å²) in [6.45, 7) is 2.11. The highest BCUT2D eigenvalue weighted by Crippen LogP contribution is 2.50. The van der Waals surface area contributed by atoms with Gasteiger partial charge in [-0.2, -0.15) is 0 Å². The minimum atomic E-state index is 0.341. The molecule has 1 aromatic rings. The Labute approximate surface area is 133 Å². The van der Waals surface area contributed by atoms with Crippen LogP contribution in [0.1, 0.15) is 37.0 Å². The molecule has 2 aliphatic carbocycles. The molecule has 1 aliphatic heterocycles. The van der Waals surface area contributed by atoms with Gasteiger partial charge >= 0.3 is 0 Å². The highest BCUT2D eigenvalue weighted by Gasteiger charge is 2.51. The zero-order valence-corrected chi connectivity index (χ0v) is 14.1. The van der Waals surface area contributed by atoms with Gasteiger partial charge in [-0.3, -0.25) is 0 Å². The Hall–Kier alpha value is 0.1000. The Bertz CT molecular complexity index is 483. The minimum absolute atomic E-state index is 0.341. The van der Waals surface area contributed by atoms with Gasteiger partial charge in [-0.15, -0.1) is 11.3 Å². The normalized spacial score (nSPS) is 33.8. The lowest BCUT2D eigenvalue weighted by molar-refractivity contribution is 0.0308. The summed E-state index contributed by atoms with van der Waals surface area (Å²) in [6.07, 6.45) is 8.40. The molecule has 0 bridgehead atoms. The molecule has 2 saturated carbocycles. The molecule has 2 nitrogen and oxygen atoms in total. The summed E-state index contributed by atoms with van der Waals surface area (Å²) in [6, 6.07) is 5.27. The maximum absolute atomic E-state index is 6.18. The van der Waals surface area contributed by atoms with Crippen LogP contribution in [0.4, 0.5) is 0 Å². The second-order valence-corrected chi connectivity index (χ2v) is 9.33. The maximum atomic E-state index is 6.18. The van der Waals surface area contributed by atoms with Crippen LogP contribution in [-0.4, -0.2) is 25.3 Å². The average Bonchev–Trinajstić information content (AvgIpc) is 3.35. The number of hydrogen-bond acceptors (Lipinski definition) is 3. The molecule has 4 heteroatoms. The van der Waals surface area contributed by atoms with Crippen molar-refractivity contribution in [1.29, 1.82) is 0 Å². The summed E-state index contributed by atoms with van der Waals surface area (Å²) in [5.74, 6) is 0.835. The van der Waals surface area contributed by atoms with Crippen LogP contribution in [0.3, 0.4) is 0 Å². The van der Waals surface area contributed by atoms with Gasteiger partial charge in [0.1, 0.15) is 0 Å². The van der Waals surface area contributed by atoms with Crippen molar-refractivity contribution >= 4 is 27.3 Å². The van der Waals surface area contributed by atoms with Crippen LogP contribution in [0, 0.1) is 11.3 Å². The number of ether oxygens (including phenoxy) is 1. The van der Waals surface area contributed by atoms with E-state index in [0.717, 1.165) is 25.1 Å². The predicted molar refractivity (Wildman–Crippen MR) is 86.3 cm³/mol. The van der Waals surface area contributed by atoms with Crippen LogP contribution in [0.5, 0.6) is 0 Å². The van der Waals surface area contributed by atoms with Gasteiger partial charge in [-0.25, -0.2) is 0 Å². The van der Waals surface area contributed by atoms with Crippen LogP contribution < -0.4 is 5.32 Å². The zero-order chi connectivity index (χ0) is 13.6. The molecule has 4 rings (SSSR count). The number of nitrogens with one attached hydrogen (secondary N) is 1. The van der Waals surface area contributed by atoms with E-state index < -0.39 is 0 Å². The van der Waals surface area contributed by atoms with Gasteiger partial charge in [0.05, 0.1) is 9.89 Å². The molecule has 3 aliphatic rings. The monoisotopic (exact) mass is 355 g/mol. The summed E-state index contributed by atoms with van der Waals surface area (Å²) in [5, 5.41) is 3.79. The SMILES string of the molecule is Brc1ccc(CC2(CNC3CC3)CCOC2C2CC2)s1. The molecular weight excluding hydrogens is 334 g/mol. The quantitative estimate of drug-likeness (QED) is 0.832. The van der Waals surface area contributed by atoms with Crippen molar-refractivity contribution in [3.05, 3.63) is 20.8 Å². The first-order chi connectivity index (χ1) is 9.75. The van der Waals surface area contributed by atoms with Gasteiger partial charge in [-0.1, -0.05) is 0 Å². The largest absolute Gasteiger partial charge is 0.377 e. The Morgan fingerprint density at radius 1 is 1.30 bits per heavy atom. The number of hydrogen-bond donors (Lipinski definition) is 1. The first-order valence-corrected chi connectivity index (χ1v) is 9.45. The molecular formula is C16H22BrNOS. The van der Waals surface area contributed by atoms with E-state index in [1.54, 1.807) is 0 Å². The van der Waals surface area contributed by atoms with E-state index in [0.29, 0.717) is 11.5 Å². The Morgan fingerprint density at radius 3 is 2.80 bits per heavy atom. The fourth-order valence-corrected chi connectivity index (χ4v) is 5.25. The molecule has 20 heavy (non-hydrogen) atoms. The second kappa shape index (κ2) is 5.38. The third-order valence-electron chi connectivity index (χ3n) is 5.03. The summed E-state index contributed by atoms with van der Waals surface area (Å²) >= 11 is 5.49. The fourth-order valence-electron chi connectivity index (χ4n) is 3.61. The fraction of sp³-hybridized carbons (Fsp3) is 0.750. The van der Waals surface area contributed by atoms with Crippen LogP contribution in [-0.2, 0) is 11.2 Å². The topological polar surface area (TPSA) is 21.3 Å². The van der Waals surface area contributed by atoms with E-state index in [1.165, 1.54) is 47.2 Å². The van der Waals surface area contributed by atoms with Crippen molar-refractivity contribution in [2.24, 2.45) is 11.3 Å². The molecule has 2 heterocycles. The van der Waals surface area contributed by atoms with E-state index in [-0.39, 0.29) is 0 Å². The Kier molecular flexibility index (Phi) is 3.70. The summed E-state index contributed by atoms with van der Waals surface area (Å²) in [5.41, 5.74) is 0.341. The van der Waals surface area contributed by atoms with Crippen LogP contribution in [0.2, 0.25) is 0 Å². The molecule has 0 radical (unpaired) electrons. The third kappa shape index (κ3) is 2.85. The summed E-state index contributed by atoms with van der Waals surface area (Å²) < 4.78 is 7.43. The Balaban J connectivity index is 1.53. The molecule has 2 atom stereocenters. The van der Waals surface area contributed by atoms with Crippen LogP contribution in [0.25, 0.3) is 0 Å².